The number of nitrogens with zero attached hydrogens (tertiary/aromatic N) is 2. The fourth-order valence-electron chi connectivity index (χ4n) is 2.81. The van der Waals surface area contributed by atoms with E-state index in [0.29, 0.717) is 12.1 Å². The van der Waals surface area contributed by atoms with Gasteiger partial charge in [0.15, 0.2) is 6.04 Å². The van der Waals surface area contributed by atoms with Gasteiger partial charge in [0.05, 0.1) is 13.2 Å². The predicted octanol–water partition coefficient (Wildman–Crippen LogP) is 1.72. The number of amides is 2. The number of rotatable bonds is 4. The van der Waals surface area contributed by atoms with Crippen molar-refractivity contribution in [1.82, 2.24) is 9.96 Å². The van der Waals surface area contributed by atoms with E-state index < -0.39 is 18.0 Å². The Balaban J connectivity index is 2.06. The van der Waals surface area contributed by atoms with E-state index in [1.54, 1.807) is 18.2 Å². The normalized spacial score (nSPS) is 23.7. The molecule has 0 spiro atoms. The second kappa shape index (κ2) is 4.64. The monoisotopic (exact) mass is 274 g/mol. The number of aliphatic carboxylic acids is 1. The molecule has 1 saturated heterocycles. The van der Waals surface area contributed by atoms with Gasteiger partial charge in [-0.2, -0.15) is 5.06 Å². The van der Waals surface area contributed by atoms with Gasteiger partial charge in [-0.05, 0) is 11.1 Å². The molecule has 0 saturated carbocycles. The molecule has 0 unspecified atom stereocenters. The number of hydrogen-bond donors (Lipinski definition) is 1. The van der Waals surface area contributed by atoms with Gasteiger partial charge in [0.25, 0.3) is 0 Å². The molecular weight excluding hydrogens is 260 g/mol. The minimum Gasteiger partial charge on any atom is -0.479 e. The molecule has 2 aliphatic rings. The molecule has 1 fully saturated rings. The summed E-state index contributed by atoms with van der Waals surface area (Å²) in [5, 5.41) is 10.7. The number of hydrogen-bond acceptors (Lipinski definition) is 3. The molecule has 104 valence electrons. The van der Waals surface area contributed by atoms with Crippen molar-refractivity contribution in [1.29, 1.82) is 0 Å². The first-order valence-corrected chi connectivity index (χ1v) is 6.30. The van der Waals surface area contributed by atoms with E-state index in [0.717, 1.165) is 5.56 Å². The fraction of sp³-hybridized carbons (Fsp3) is 0.286. The van der Waals surface area contributed by atoms with Gasteiger partial charge >= 0.3 is 12.0 Å². The summed E-state index contributed by atoms with van der Waals surface area (Å²) in [4.78, 5) is 30.5. The number of hydroxylamine groups is 2. The van der Waals surface area contributed by atoms with E-state index in [2.05, 4.69) is 6.58 Å². The largest absolute Gasteiger partial charge is 0.479 e. The summed E-state index contributed by atoms with van der Waals surface area (Å²) in [5.74, 6) is -1.03. The molecule has 20 heavy (non-hydrogen) atoms. The highest BCUT2D eigenvalue weighted by Gasteiger charge is 2.50. The van der Waals surface area contributed by atoms with Crippen LogP contribution in [0.1, 0.15) is 23.2 Å². The Bertz CT molecular complexity index is 586. The molecule has 2 heterocycles. The second-order valence-corrected chi connectivity index (χ2v) is 4.73. The average molecular weight is 274 g/mol. The summed E-state index contributed by atoms with van der Waals surface area (Å²) < 4.78 is 0. The van der Waals surface area contributed by atoms with Crippen molar-refractivity contribution >= 4 is 12.0 Å². The van der Waals surface area contributed by atoms with E-state index in [4.69, 9.17) is 4.84 Å². The van der Waals surface area contributed by atoms with Crippen LogP contribution in [0.4, 0.5) is 4.79 Å². The van der Waals surface area contributed by atoms with E-state index in [1.165, 1.54) is 9.96 Å². The number of urea groups is 1. The molecule has 6 nitrogen and oxygen atoms in total. The molecule has 2 atom stereocenters. The van der Waals surface area contributed by atoms with Crippen LogP contribution in [0.3, 0.4) is 0 Å². The van der Waals surface area contributed by atoms with Crippen molar-refractivity contribution in [2.45, 2.75) is 12.1 Å². The maximum Gasteiger partial charge on any atom is 0.345 e. The third-order valence-corrected chi connectivity index (χ3v) is 3.61. The number of benzene rings is 1. The summed E-state index contributed by atoms with van der Waals surface area (Å²) in [6.07, 6.45) is 1.55. The van der Waals surface area contributed by atoms with Crippen LogP contribution in [0, 0.1) is 0 Å². The summed E-state index contributed by atoms with van der Waals surface area (Å²) in [7, 11) is 0. The maximum atomic E-state index is 12.3. The zero-order valence-electron chi connectivity index (χ0n) is 10.7. The Morgan fingerprint density at radius 3 is 2.80 bits per heavy atom. The number of carbonyl (C=O) groups is 2. The van der Waals surface area contributed by atoms with Crippen molar-refractivity contribution < 1.29 is 19.5 Å². The minimum atomic E-state index is -1.03. The fourth-order valence-corrected chi connectivity index (χ4v) is 2.81. The molecule has 6 heteroatoms. The molecule has 1 aromatic rings. The minimum absolute atomic E-state index is 0.204. The van der Waals surface area contributed by atoms with Crippen LogP contribution in [0.2, 0.25) is 0 Å². The SMILES string of the molecule is C=CCON1C(=O)N2C[C@@H]1c1ccccc1[C@@H]2C(=O)O. The standard InChI is InChI=1S/C14H14N2O4/c1-2-7-20-16-11-8-15(14(16)19)12(13(17)18)10-6-4-3-5-9(10)11/h2-6,11-12H,1,7-8H2,(H,17,18)/t11-,12-/m1/s1. The van der Waals surface area contributed by atoms with Gasteiger partial charge in [-0.3, -0.25) is 4.84 Å². The lowest BCUT2D eigenvalue weighted by Crippen LogP contribution is -2.38. The van der Waals surface area contributed by atoms with Crippen LogP contribution in [0.15, 0.2) is 36.9 Å². The van der Waals surface area contributed by atoms with Crippen LogP contribution in [0.5, 0.6) is 0 Å². The highest BCUT2D eigenvalue weighted by molar-refractivity contribution is 5.87. The first-order chi connectivity index (χ1) is 9.65. The number of carbonyl (C=O) groups excluding carboxylic acids is 1. The Kier molecular flexibility index (Phi) is 2.94. The summed E-state index contributed by atoms with van der Waals surface area (Å²) in [6, 6.07) is 5.57. The molecule has 0 radical (unpaired) electrons. The van der Waals surface area contributed by atoms with Gasteiger partial charge in [-0.1, -0.05) is 30.3 Å². The molecular formula is C14H14N2O4. The first-order valence-electron chi connectivity index (χ1n) is 6.30. The van der Waals surface area contributed by atoms with E-state index >= 15 is 0 Å². The van der Waals surface area contributed by atoms with E-state index in [-0.39, 0.29) is 12.6 Å². The molecule has 2 bridgehead atoms. The Morgan fingerprint density at radius 1 is 1.45 bits per heavy atom. The summed E-state index contributed by atoms with van der Waals surface area (Å²) in [6.45, 7) is 4.08. The van der Waals surface area contributed by atoms with Crippen LogP contribution in [0.25, 0.3) is 0 Å². The number of carboxylic acid groups (broad SMARTS) is 1. The van der Waals surface area contributed by atoms with Crippen molar-refractivity contribution in [3.63, 3.8) is 0 Å². The van der Waals surface area contributed by atoms with Crippen LogP contribution < -0.4 is 0 Å². The second-order valence-electron chi connectivity index (χ2n) is 4.73. The lowest BCUT2D eigenvalue weighted by Gasteiger charge is -2.29. The van der Waals surface area contributed by atoms with Gasteiger partial charge in [0.1, 0.15) is 6.04 Å². The maximum absolute atomic E-state index is 12.3. The Hall–Kier alpha value is -2.34. The smallest absolute Gasteiger partial charge is 0.345 e. The molecule has 0 aliphatic carbocycles. The highest BCUT2D eigenvalue weighted by Crippen LogP contribution is 2.43. The van der Waals surface area contributed by atoms with Gasteiger partial charge in [0.2, 0.25) is 0 Å². The van der Waals surface area contributed by atoms with Crippen molar-refractivity contribution in [3.05, 3.63) is 48.0 Å². The average Bonchev–Trinajstić information content (AvgIpc) is 2.71. The highest BCUT2D eigenvalue weighted by atomic mass is 16.7. The molecule has 1 N–H and O–H groups in total. The van der Waals surface area contributed by atoms with Crippen LogP contribution in [-0.2, 0) is 9.63 Å². The zero-order chi connectivity index (χ0) is 14.3. The zero-order valence-corrected chi connectivity index (χ0v) is 10.7. The summed E-state index contributed by atoms with van der Waals surface area (Å²) >= 11 is 0. The lowest BCUT2D eigenvalue weighted by molar-refractivity contribution is -0.142. The predicted molar refractivity (Wildman–Crippen MR) is 69.6 cm³/mol. The van der Waals surface area contributed by atoms with Crippen LogP contribution in [-0.4, -0.2) is 40.2 Å². The Labute approximate surface area is 115 Å². The molecule has 1 aromatic carbocycles. The van der Waals surface area contributed by atoms with E-state index in [9.17, 15) is 14.7 Å². The topological polar surface area (TPSA) is 70.1 Å². The Morgan fingerprint density at radius 2 is 2.15 bits per heavy atom. The third kappa shape index (κ3) is 1.69. The quantitative estimate of drug-likeness (QED) is 0.849. The van der Waals surface area contributed by atoms with Crippen molar-refractivity contribution in [2.24, 2.45) is 0 Å². The van der Waals surface area contributed by atoms with Gasteiger partial charge < -0.3 is 10.0 Å². The van der Waals surface area contributed by atoms with Crippen LogP contribution >= 0.6 is 0 Å². The van der Waals surface area contributed by atoms with Gasteiger partial charge in [0, 0.05) is 0 Å². The molecule has 2 amide bonds. The van der Waals surface area contributed by atoms with Gasteiger partial charge in [-0.15, -0.1) is 6.58 Å². The van der Waals surface area contributed by atoms with Crippen molar-refractivity contribution in [2.75, 3.05) is 13.2 Å². The van der Waals surface area contributed by atoms with Crippen molar-refractivity contribution in [3.8, 4) is 0 Å². The van der Waals surface area contributed by atoms with E-state index in [1.807, 2.05) is 12.1 Å². The summed E-state index contributed by atoms with van der Waals surface area (Å²) in [5.41, 5.74) is 1.47. The number of fused-ring (bicyclic) bond motifs is 4. The number of carboxylic acids is 1. The lowest BCUT2D eigenvalue weighted by atomic mass is 9.91. The first kappa shape index (κ1) is 12.7. The molecule has 2 aliphatic heterocycles. The molecule has 0 aromatic heterocycles. The third-order valence-electron chi connectivity index (χ3n) is 3.61. The molecule has 3 rings (SSSR count). The van der Waals surface area contributed by atoms with Gasteiger partial charge in [-0.25, -0.2) is 9.59 Å².